The number of benzene rings is 1. The minimum Gasteiger partial charge on any atom is -0.290 e. The molecule has 1 aromatic carbocycles. The first kappa shape index (κ1) is 16.3. The van der Waals surface area contributed by atoms with Gasteiger partial charge in [-0.3, -0.25) is 9.69 Å². The van der Waals surface area contributed by atoms with E-state index in [1.807, 2.05) is 12.1 Å². The molecular formula is C16H15Cl2NOS2. The lowest BCUT2D eigenvalue weighted by Gasteiger charge is -2.29. The van der Waals surface area contributed by atoms with Gasteiger partial charge in [0.15, 0.2) is 0 Å². The Morgan fingerprint density at radius 1 is 1.23 bits per heavy atom. The van der Waals surface area contributed by atoms with E-state index < -0.39 is 0 Å². The Hall–Kier alpha value is -0.550. The fraction of sp³-hybridized carbons (Fsp3) is 0.375. The quantitative estimate of drug-likeness (QED) is 0.503. The summed E-state index contributed by atoms with van der Waals surface area (Å²) in [4.78, 5) is 15.1. The van der Waals surface area contributed by atoms with Gasteiger partial charge in [0, 0.05) is 6.04 Å². The van der Waals surface area contributed by atoms with Crippen LogP contribution in [0.2, 0.25) is 10.0 Å². The first-order chi connectivity index (χ1) is 10.6. The van der Waals surface area contributed by atoms with E-state index in [1.165, 1.54) is 31.0 Å². The fourth-order valence-corrected chi connectivity index (χ4v) is 4.66. The summed E-state index contributed by atoms with van der Waals surface area (Å²) in [6.07, 6.45) is 7.45. The van der Waals surface area contributed by atoms with Crippen molar-refractivity contribution in [1.29, 1.82) is 0 Å². The van der Waals surface area contributed by atoms with Crippen LogP contribution >= 0.6 is 47.2 Å². The lowest BCUT2D eigenvalue weighted by Crippen LogP contribution is -2.39. The summed E-state index contributed by atoms with van der Waals surface area (Å²) in [6, 6.07) is 5.65. The summed E-state index contributed by atoms with van der Waals surface area (Å²) in [7, 11) is 0. The molecule has 116 valence electrons. The zero-order valence-electron chi connectivity index (χ0n) is 11.9. The Kier molecular flexibility index (Phi) is 5.13. The van der Waals surface area contributed by atoms with Gasteiger partial charge < -0.3 is 0 Å². The van der Waals surface area contributed by atoms with Crippen LogP contribution in [-0.2, 0) is 4.79 Å². The summed E-state index contributed by atoms with van der Waals surface area (Å²) in [5.41, 5.74) is 0.748. The molecule has 2 aliphatic rings. The number of hydrogen-bond acceptors (Lipinski definition) is 3. The maximum absolute atomic E-state index is 12.7. The molecule has 0 bridgehead atoms. The first-order valence-electron chi connectivity index (χ1n) is 7.29. The molecule has 2 nitrogen and oxygen atoms in total. The molecule has 0 aromatic heterocycles. The van der Waals surface area contributed by atoms with Gasteiger partial charge in [-0.2, -0.15) is 0 Å². The number of amides is 1. The number of rotatable bonds is 2. The van der Waals surface area contributed by atoms with Crippen molar-refractivity contribution in [1.82, 2.24) is 4.90 Å². The van der Waals surface area contributed by atoms with Gasteiger partial charge >= 0.3 is 0 Å². The second-order valence-electron chi connectivity index (χ2n) is 5.49. The molecule has 0 atom stereocenters. The van der Waals surface area contributed by atoms with E-state index in [0.717, 1.165) is 18.4 Å². The molecule has 6 heteroatoms. The second-order valence-corrected chi connectivity index (χ2v) is 7.95. The van der Waals surface area contributed by atoms with E-state index in [-0.39, 0.29) is 11.9 Å². The minimum absolute atomic E-state index is 0.00191. The highest BCUT2D eigenvalue weighted by Gasteiger charge is 2.37. The van der Waals surface area contributed by atoms with Gasteiger partial charge in [0.2, 0.25) is 0 Å². The zero-order chi connectivity index (χ0) is 15.7. The van der Waals surface area contributed by atoms with E-state index in [1.54, 1.807) is 17.0 Å². The number of halogens is 2. The highest BCUT2D eigenvalue weighted by atomic mass is 35.5. The summed E-state index contributed by atoms with van der Waals surface area (Å²) in [5, 5.41) is 0.949. The van der Waals surface area contributed by atoms with Gasteiger partial charge in [-0.25, -0.2) is 0 Å². The first-order valence-corrected chi connectivity index (χ1v) is 9.27. The van der Waals surface area contributed by atoms with E-state index in [0.29, 0.717) is 19.3 Å². The third-order valence-electron chi connectivity index (χ3n) is 4.03. The van der Waals surface area contributed by atoms with Crippen molar-refractivity contribution < 1.29 is 4.79 Å². The van der Waals surface area contributed by atoms with E-state index >= 15 is 0 Å². The van der Waals surface area contributed by atoms with Crippen LogP contribution < -0.4 is 0 Å². The molecular weight excluding hydrogens is 357 g/mol. The Balaban J connectivity index is 1.87. The van der Waals surface area contributed by atoms with Gasteiger partial charge in [0.25, 0.3) is 5.91 Å². The molecule has 0 spiro atoms. The molecule has 1 aliphatic carbocycles. The van der Waals surface area contributed by atoms with Crippen LogP contribution in [0.15, 0.2) is 23.1 Å². The average Bonchev–Trinajstić information content (AvgIpc) is 2.79. The number of hydrogen-bond donors (Lipinski definition) is 0. The van der Waals surface area contributed by atoms with Crippen molar-refractivity contribution in [2.24, 2.45) is 0 Å². The maximum Gasteiger partial charge on any atom is 0.266 e. The van der Waals surface area contributed by atoms with Gasteiger partial charge in [0.1, 0.15) is 4.32 Å². The van der Waals surface area contributed by atoms with E-state index in [2.05, 4.69) is 0 Å². The van der Waals surface area contributed by atoms with Gasteiger partial charge in [0.05, 0.1) is 15.0 Å². The summed E-state index contributed by atoms with van der Waals surface area (Å²) >= 11 is 19.0. The lowest BCUT2D eigenvalue weighted by molar-refractivity contribution is -0.124. The lowest BCUT2D eigenvalue weighted by atomic mass is 9.94. The molecule has 1 aromatic rings. The average molecular weight is 372 g/mol. The van der Waals surface area contributed by atoms with Crippen LogP contribution in [-0.4, -0.2) is 21.2 Å². The monoisotopic (exact) mass is 371 g/mol. The topological polar surface area (TPSA) is 20.3 Å². The van der Waals surface area contributed by atoms with Crippen molar-refractivity contribution >= 4 is 63.5 Å². The molecule has 1 saturated heterocycles. The van der Waals surface area contributed by atoms with Gasteiger partial charge in [-0.15, -0.1) is 0 Å². The fourth-order valence-electron chi connectivity index (χ4n) is 2.91. The van der Waals surface area contributed by atoms with Crippen molar-refractivity contribution in [2.75, 3.05) is 0 Å². The SMILES string of the molecule is O=C1C(=Cc2cccc(Cl)c2Cl)SC(=S)N1C1CCCCC1. The molecule has 0 unspecified atom stereocenters. The third kappa shape index (κ3) is 3.21. The standard InChI is InChI=1S/C16H15Cl2NOS2/c17-12-8-4-5-10(14(12)18)9-13-15(20)19(16(21)22-13)11-6-2-1-3-7-11/h4-5,8-9,11H,1-3,6-7H2. The van der Waals surface area contributed by atoms with Gasteiger partial charge in [-0.1, -0.05) is 78.6 Å². The van der Waals surface area contributed by atoms with Crippen LogP contribution in [0.1, 0.15) is 37.7 Å². The predicted molar refractivity (Wildman–Crippen MR) is 98.3 cm³/mol. The number of thiocarbonyl (C=S) groups is 1. The molecule has 2 fully saturated rings. The Morgan fingerprint density at radius 3 is 2.68 bits per heavy atom. The molecule has 1 heterocycles. The van der Waals surface area contributed by atoms with Crippen LogP contribution in [0.5, 0.6) is 0 Å². The van der Waals surface area contributed by atoms with Crippen LogP contribution in [0, 0.1) is 0 Å². The molecule has 22 heavy (non-hydrogen) atoms. The molecule has 1 amide bonds. The smallest absolute Gasteiger partial charge is 0.266 e. The van der Waals surface area contributed by atoms with Crippen LogP contribution in [0.3, 0.4) is 0 Å². The van der Waals surface area contributed by atoms with E-state index in [4.69, 9.17) is 35.4 Å². The second kappa shape index (κ2) is 6.91. The molecule has 0 N–H and O–H groups in total. The minimum atomic E-state index is -0.00191. The number of thioether (sulfide) groups is 1. The molecule has 1 aliphatic heterocycles. The normalized spacial score (nSPS) is 21.9. The number of carbonyl (C=O) groups excluding carboxylic acids is 1. The summed E-state index contributed by atoms with van der Waals surface area (Å²) < 4.78 is 0.654. The van der Waals surface area contributed by atoms with Crippen molar-refractivity contribution in [3.8, 4) is 0 Å². The Labute approximate surface area is 149 Å². The highest BCUT2D eigenvalue weighted by molar-refractivity contribution is 8.26. The van der Waals surface area contributed by atoms with Crippen molar-refractivity contribution in [3.63, 3.8) is 0 Å². The maximum atomic E-state index is 12.7. The molecule has 3 rings (SSSR count). The largest absolute Gasteiger partial charge is 0.290 e. The number of nitrogens with zero attached hydrogens (tertiary/aromatic N) is 1. The Morgan fingerprint density at radius 2 is 1.95 bits per heavy atom. The predicted octanol–water partition coefficient (Wildman–Crippen LogP) is 5.53. The highest BCUT2D eigenvalue weighted by Crippen LogP contribution is 2.38. The van der Waals surface area contributed by atoms with E-state index in [9.17, 15) is 4.79 Å². The van der Waals surface area contributed by atoms with Gasteiger partial charge in [-0.05, 0) is 30.5 Å². The molecule has 0 radical (unpaired) electrons. The molecule has 1 saturated carbocycles. The van der Waals surface area contributed by atoms with Crippen LogP contribution in [0.25, 0.3) is 6.08 Å². The van der Waals surface area contributed by atoms with Crippen LogP contribution in [0.4, 0.5) is 0 Å². The van der Waals surface area contributed by atoms with Crippen molar-refractivity contribution in [2.45, 2.75) is 38.1 Å². The zero-order valence-corrected chi connectivity index (χ0v) is 15.0. The summed E-state index contributed by atoms with van der Waals surface area (Å²) in [5.74, 6) is -0.00191. The van der Waals surface area contributed by atoms with Crippen molar-refractivity contribution in [3.05, 3.63) is 38.7 Å². The number of carbonyl (C=O) groups is 1. The summed E-state index contributed by atoms with van der Waals surface area (Å²) in [6.45, 7) is 0. The third-order valence-corrected chi connectivity index (χ3v) is 6.20. The Bertz CT molecular complexity index is 654.